The van der Waals surface area contributed by atoms with Gasteiger partial charge in [-0.3, -0.25) is 0 Å². The molecule has 4 nitrogen and oxygen atoms in total. The Labute approximate surface area is 112 Å². The fourth-order valence-corrected chi connectivity index (χ4v) is 2.53. The quantitative estimate of drug-likeness (QED) is 0.838. The Hall–Kier alpha value is -1.83. The van der Waals surface area contributed by atoms with Crippen LogP contribution >= 0.6 is 0 Å². The minimum Gasteiger partial charge on any atom is -0.392 e. The number of nitrogens with zero attached hydrogens (tertiary/aromatic N) is 2. The second kappa shape index (κ2) is 5.04. The topological polar surface area (TPSA) is 47.3 Å². The van der Waals surface area contributed by atoms with Gasteiger partial charge in [0.15, 0.2) is 6.23 Å². The molecule has 4 heteroatoms. The van der Waals surface area contributed by atoms with E-state index in [1.165, 1.54) is 0 Å². The Morgan fingerprint density at radius 2 is 2.37 bits per heavy atom. The van der Waals surface area contributed by atoms with Crippen LogP contribution in [0.3, 0.4) is 0 Å². The van der Waals surface area contributed by atoms with Crippen molar-refractivity contribution in [3.05, 3.63) is 29.5 Å². The predicted octanol–water partition coefficient (Wildman–Crippen LogP) is 2.21. The predicted molar refractivity (Wildman–Crippen MR) is 72.4 cm³/mol. The number of hydrogen-bond donors (Lipinski definition) is 1. The van der Waals surface area contributed by atoms with E-state index in [-0.39, 0.29) is 12.8 Å². The van der Waals surface area contributed by atoms with Gasteiger partial charge in [0.2, 0.25) is 0 Å². The van der Waals surface area contributed by atoms with E-state index in [0.717, 1.165) is 42.3 Å². The summed E-state index contributed by atoms with van der Waals surface area (Å²) in [6.45, 7) is 0.775. The number of rotatable bonds is 2. The molecule has 98 valence electrons. The molecule has 0 amide bonds. The van der Waals surface area contributed by atoms with Gasteiger partial charge < -0.3 is 9.84 Å². The molecule has 1 aliphatic heterocycles. The molecule has 2 heterocycles. The molecule has 0 bridgehead atoms. The van der Waals surface area contributed by atoms with Gasteiger partial charge in [-0.25, -0.2) is 4.68 Å². The average molecular weight is 256 g/mol. The van der Waals surface area contributed by atoms with Gasteiger partial charge in [0.05, 0.1) is 12.1 Å². The Balaban J connectivity index is 2.12. The van der Waals surface area contributed by atoms with E-state index in [4.69, 9.17) is 11.2 Å². The zero-order valence-electron chi connectivity index (χ0n) is 10.7. The second-order valence-electron chi connectivity index (χ2n) is 4.77. The summed E-state index contributed by atoms with van der Waals surface area (Å²) in [5.74, 6) is 2.61. The summed E-state index contributed by atoms with van der Waals surface area (Å²) in [5.41, 5.74) is 2.42. The molecule has 1 atom stereocenters. The molecular weight excluding hydrogens is 240 g/mol. The fraction of sp³-hybridized carbons (Fsp3) is 0.400. The molecule has 1 N–H and O–H groups in total. The van der Waals surface area contributed by atoms with Gasteiger partial charge in [-0.15, -0.1) is 6.42 Å². The highest BCUT2D eigenvalue weighted by Crippen LogP contribution is 2.28. The lowest BCUT2D eigenvalue weighted by molar-refractivity contribution is -0.0367. The zero-order valence-corrected chi connectivity index (χ0v) is 10.7. The van der Waals surface area contributed by atoms with Crippen LogP contribution < -0.4 is 0 Å². The molecule has 2 aromatic rings. The Bertz CT molecular complexity index is 633. The van der Waals surface area contributed by atoms with E-state index < -0.39 is 0 Å². The Morgan fingerprint density at radius 1 is 1.47 bits per heavy atom. The van der Waals surface area contributed by atoms with Crippen LogP contribution in [-0.2, 0) is 11.3 Å². The Kier molecular flexibility index (Phi) is 3.24. The van der Waals surface area contributed by atoms with Crippen molar-refractivity contribution in [2.24, 2.45) is 0 Å². The van der Waals surface area contributed by atoms with Gasteiger partial charge in [-0.1, -0.05) is 6.07 Å². The van der Waals surface area contributed by atoms with Crippen molar-refractivity contribution in [2.75, 3.05) is 6.61 Å². The summed E-state index contributed by atoms with van der Waals surface area (Å²) < 4.78 is 7.65. The van der Waals surface area contributed by atoms with Crippen LogP contribution in [0.2, 0.25) is 0 Å². The lowest BCUT2D eigenvalue weighted by atomic mass is 10.1. The van der Waals surface area contributed by atoms with Crippen molar-refractivity contribution in [1.82, 2.24) is 9.78 Å². The van der Waals surface area contributed by atoms with Crippen molar-refractivity contribution in [2.45, 2.75) is 32.1 Å². The molecule has 0 saturated carbocycles. The molecule has 0 aliphatic carbocycles. The first-order chi connectivity index (χ1) is 9.33. The number of aliphatic hydroxyl groups is 1. The first kappa shape index (κ1) is 12.2. The van der Waals surface area contributed by atoms with Crippen LogP contribution in [0.1, 0.15) is 36.7 Å². The summed E-state index contributed by atoms with van der Waals surface area (Å²) >= 11 is 0. The minimum atomic E-state index is -0.0293. The van der Waals surface area contributed by atoms with Crippen molar-refractivity contribution in [3.8, 4) is 12.3 Å². The largest absolute Gasteiger partial charge is 0.392 e. The van der Waals surface area contributed by atoms with Gasteiger partial charge in [0.1, 0.15) is 5.69 Å². The van der Waals surface area contributed by atoms with Crippen molar-refractivity contribution < 1.29 is 9.84 Å². The van der Waals surface area contributed by atoms with Gasteiger partial charge in [0, 0.05) is 12.0 Å². The molecule has 0 radical (unpaired) electrons. The number of ether oxygens (including phenoxy) is 1. The maximum Gasteiger partial charge on any atom is 0.150 e. The standard InChI is InChI=1S/C15H16N2O2/c1-2-13-12-9-11(10-18)6-7-14(12)17(16-13)15-5-3-4-8-19-15/h1,6-7,9,15,18H,3-5,8,10H2. The summed E-state index contributed by atoms with van der Waals surface area (Å²) in [4.78, 5) is 0. The van der Waals surface area contributed by atoms with Gasteiger partial charge in [0.25, 0.3) is 0 Å². The summed E-state index contributed by atoms with van der Waals surface area (Å²) in [7, 11) is 0. The van der Waals surface area contributed by atoms with Crippen LogP contribution in [0.25, 0.3) is 10.9 Å². The molecule has 19 heavy (non-hydrogen) atoms. The second-order valence-corrected chi connectivity index (χ2v) is 4.77. The third kappa shape index (κ3) is 2.12. The smallest absolute Gasteiger partial charge is 0.150 e. The van der Waals surface area contributed by atoms with Crippen molar-refractivity contribution in [1.29, 1.82) is 0 Å². The molecule has 3 rings (SSSR count). The summed E-state index contributed by atoms with van der Waals surface area (Å²) in [5, 5.41) is 14.6. The summed E-state index contributed by atoms with van der Waals surface area (Å²) in [6, 6.07) is 5.74. The van der Waals surface area contributed by atoms with Gasteiger partial charge in [-0.05, 0) is 42.9 Å². The monoisotopic (exact) mass is 256 g/mol. The SMILES string of the molecule is C#Cc1nn(C2CCCCO2)c2ccc(CO)cc12. The van der Waals surface area contributed by atoms with Crippen LogP contribution in [-0.4, -0.2) is 21.5 Å². The van der Waals surface area contributed by atoms with Crippen LogP contribution in [0, 0.1) is 12.3 Å². The van der Waals surface area contributed by atoms with Crippen LogP contribution in [0.15, 0.2) is 18.2 Å². The first-order valence-corrected chi connectivity index (χ1v) is 6.53. The van der Waals surface area contributed by atoms with E-state index in [0.29, 0.717) is 5.69 Å². The normalized spacial score (nSPS) is 19.5. The number of benzene rings is 1. The average Bonchev–Trinajstić information content (AvgIpc) is 2.86. The minimum absolute atomic E-state index is 0.00502. The van der Waals surface area contributed by atoms with E-state index in [2.05, 4.69) is 11.0 Å². The van der Waals surface area contributed by atoms with Crippen LogP contribution in [0.4, 0.5) is 0 Å². The van der Waals surface area contributed by atoms with Crippen molar-refractivity contribution >= 4 is 10.9 Å². The maximum absolute atomic E-state index is 9.21. The third-order valence-corrected chi connectivity index (χ3v) is 3.52. The zero-order chi connectivity index (χ0) is 13.2. The highest BCUT2D eigenvalue weighted by Gasteiger charge is 2.20. The summed E-state index contributed by atoms with van der Waals surface area (Å²) in [6.07, 6.45) is 8.70. The molecular formula is C15H16N2O2. The number of fused-ring (bicyclic) bond motifs is 1. The lowest BCUT2D eigenvalue weighted by Gasteiger charge is -2.23. The molecule has 0 spiro atoms. The number of aliphatic hydroxyl groups excluding tert-OH is 1. The molecule has 1 aliphatic rings. The van der Waals surface area contributed by atoms with E-state index in [1.54, 1.807) is 0 Å². The fourth-order valence-electron chi connectivity index (χ4n) is 2.53. The third-order valence-electron chi connectivity index (χ3n) is 3.52. The van der Waals surface area contributed by atoms with E-state index >= 15 is 0 Å². The molecule has 1 fully saturated rings. The Morgan fingerprint density at radius 3 is 3.05 bits per heavy atom. The van der Waals surface area contributed by atoms with E-state index in [1.807, 2.05) is 22.9 Å². The number of terminal acetylenes is 1. The molecule has 1 aromatic heterocycles. The van der Waals surface area contributed by atoms with Gasteiger partial charge in [-0.2, -0.15) is 5.10 Å². The molecule has 1 aromatic carbocycles. The lowest BCUT2D eigenvalue weighted by Crippen LogP contribution is -2.19. The first-order valence-electron chi connectivity index (χ1n) is 6.53. The highest BCUT2D eigenvalue weighted by atomic mass is 16.5. The number of hydrogen-bond acceptors (Lipinski definition) is 3. The highest BCUT2D eigenvalue weighted by molar-refractivity contribution is 5.85. The van der Waals surface area contributed by atoms with Gasteiger partial charge >= 0.3 is 0 Å². The van der Waals surface area contributed by atoms with Crippen LogP contribution in [0.5, 0.6) is 0 Å². The molecule has 1 saturated heterocycles. The number of aromatic nitrogens is 2. The van der Waals surface area contributed by atoms with E-state index in [9.17, 15) is 5.11 Å². The molecule has 1 unspecified atom stereocenters. The maximum atomic E-state index is 9.21. The van der Waals surface area contributed by atoms with Crippen molar-refractivity contribution in [3.63, 3.8) is 0 Å².